The van der Waals surface area contributed by atoms with E-state index < -0.39 is 0 Å². The van der Waals surface area contributed by atoms with E-state index in [-0.39, 0.29) is 43.6 Å². The molecule has 0 radical (unpaired) electrons. The summed E-state index contributed by atoms with van der Waals surface area (Å²) in [6.45, 7) is 1.97. The lowest BCUT2D eigenvalue weighted by Crippen LogP contribution is -2.47. The molecule has 1 aromatic rings. The highest BCUT2D eigenvalue weighted by Gasteiger charge is 2.38. The van der Waals surface area contributed by atoms with E-state index in [9.17, 15) is 14.7 Å². The smallest absolute Gasteiger partial charge is 0.231 e. The predicted molar refractivity (Wildman–Crippen MR) is 97.1 cm³/mol. The van der Waals surface area contributed by atoms with Crippen molar-refractivity contribution in [2.45, 2.75) is 44.7 Å². The zero-order chi connectivity index (χ0) is 18.8. The zero-order valence-corrected chi connectivity index (χ0v) is 15.4. The van der Waals surface area contributed by atoms with Crippen LogP contribution in [0.25, 0.3) is 0 Å². The van der Waals surface area contributed by atoms with E-state index >= 15 is 0 Å². The highest BCUT2D eigenvalue weighted by Crippen LogP contribution is 2.33. The fourth-order valence-corrected chi connectivity index (χ4v) is 4.32. The number of hydrogen-bond donors (Lipinski definition) is 1. The van der Waals surface area contributed by atoms with Crippen molar-refractivity contribution < 1.29 is 24.2 Å². The SMILES string of the molecule is O=C1CC(C(=O)N2CCCCC2CCO)CN1Cc1ccc2c(c1)OCO2. The van der Waals surface area contributed by atoms with Gasteiger partial charge in [-0.25, -0.2) is 0 Å². The van der Waals surface area contributed by atoms with Crippen LogP contribution in [0.2, 0.25) is 0 Å². The largest absolute Gasteiger partial charge is 0.454 e. The van der Waals surface area contributed by atoms with Gasteiger partial charge in [0.25, 0.3) is 0 Å². The summed E-state index contributed by atoms with van der Waals surface area (Å²) >= 11 is 0. The second kappa shape index (κ2) is 7.76. The maximum atomic E-state index is 13.0. The summed E-state index contributed by atoms with van der Waals surface area (Å²) < 4.78 is 10.7. The minimum atomic E-state index is -0.286. The Balaban J connectivity index is 1.40. The third-order valence-electron chi connectivity index (χ3n) is 5.75. The van der Waals surface area contributed by atoms with Gasteiger partial charge in [-0.2, -0.15) is 0 Å². The number of ether oxygens (including phenoxy) is 2. The van der Waals surface area contributed by atoms with E-state index in [1.54, 1.807) is 4.90 Å². The molecule has 7 nitrogen and oxygen atoms in total. The Labute approximate surface area is 158 Å². The van der Waals surface area contributed by atoms with Gasteiger partial charge < -0.3 is 24.4 Å². The van der Waals surface area contributed by atoms with Crippen LogP contribution in [0.15, 0.2) is 18.2 Å². The third kappa shape index (κ3) is 3.74. The van der Waals surface area contributed by atoms with Gasteiger partial charge in [-0.1, -0.05) is 6.07 Å². The Bertz CT molecular complexity index is 720. The molecule has 0 saturated carbocycles. The highest BCUT2D eigenvalue weighted by atomic mass is 16.7. The second-order valence-electron chi connectivity index (χ2n) is 7.56. The number of likely N-dealkylation sites (tertiary alicyclic amines) is 2. The minimum absolute atomic E-state index is 0.0155. The third-order valence-corrected chi connectivity index (χ3v) is 5.75. The van der Waals surface area contributed by atoms with Crippen LogP contribution in [0.3, 0.4) is 0 Å². The van der Waals surface area contributed by atoms with Crippen molar-refractivity contribution in [3.05, 3.63) is 23.8 Å². The van der Waals surface area contributed by atoms with Crippen molar-refractivity contribution in [3.8, 4) is 11.5 Å². The molecular formula is C20H26N2O5. The molecule has 2 amide bonds. The van der Waals surface area contributed by atoms with Crippen molar-refractivity contribution in [1.29, 1.82) is 0 Å². The van der Waals surface area contributed by atoms with Gasteiger partial charge in [-0.3, -0.25) is 9.59 Å². The molecule has 3 aliphatic rings. The lowest BCUT2D eigenvalue weighted by atomic mass is 9.96. The number of benzene rings is 1. The van der Waals surface area contributed by atoms with Crippen LogP contribution < -0.4 is 9.47 Å². The van der Waals surface area contributed by atoms with Crippen LogP contribution in [-0.4, -0.2) is 59.3 Å². The van der Waals surface area contributed by atoms with Crippen molar-refractivity contribution in [3.63, 3.8) is 0 Å². The number of aliphatic hydroxyl groups excluding tert-OH is 1. The van der Waals surface area contributed by atoms with E-state index in [1.807, 2.05) is 23.1 Å². The first-order valence-corrected chi connectivity index (χ1v) is 9.73. The van der Waals surface area contributed by atoms with Crippen LogP contribution in [0.4, 0.5) is 0 Å². The van der Waals surface area contributed by atoms with Gasteiger partial charge in [0.1, 0.15) is 0 Å². The Morgan fingerprint density at radius 3 is 2.93 bits per heavy atom. The van der Waals surface area contributed by atoms with E-state index in [0.717, 1.165) is 37.1 Å². The summed E-state index contributed by atoms with van der Waals surface area (Å²) in [6.07, 6.45) is 3.91. The maximum absolute atomic E-state index is 13.0. The molecule has 3 heterocycles. The fourth-order valence-electron chi connectivity index (χ4n) is 4.32. The van der Waals surface area contributed by atoms with E-state index in [0.29, 0.717) is 25.3 Å². The summed E-state index contributed by atoms with van der Waals surface area (Å²) in [7, 11) is 0. The fraction of sp³-hybridized carbons (Fsp3) is 0.600. The molecule has 146 valence electrons. The molecular weight excluding hydrogens is 348 g/mol. The van der Waals surface area contributed by atoms with Gasteiger partial charge in [0.15, 0.2) is 11.5 Å². The van der Waals surface area contributed by atoms with Crippen LogP contribution in [0.5, 0.6) is 11.5 Å². The standard InChI is InChI=1S/C20H26N2O5/c23-8-6-16-3-1-2-7-22(16)20(25)15-10-19(24)21(12-15)11-14-4-5-17-18(9-14)27-13-26-17/h4-5,9,15-16,23H,1-3,6-8,10-13H2. The van der Waals surface area contributed by atoms with Crippen molar-refractivity contribution in [2.24, 2.45) is 5.92 Å². The zero-order valence-electron chi connectivity index (χ0n) is 15.4. The lowest BCUT2D eigenvalue weighted by molar-refractivity contribution is -0.139. The summed E-state index contributed by atoms with van der Waals surface area (Å²) in [5.74, 6) is 1.22. The van der Waals surface area contributed by atoms with E-state index in [4.69, 9.17) is 9.47 Å². The van der Waals surface area contributed by atoms with Gasteiger partial charge in [-0.05, 0) is 43.4 Å². The Hall–Kier alpha value is -2.28. The first kappa shape index (κ1) is 18.1. The average Bonchev–Trinajstić information content (AvgIpc) is 3.28. The number of hydrogen-bond acceptors (Lipinski definition) is 5. The van der Waals surface area contributed by atoms with Crippen molar-refractivity contribution in [2.75, 3.05) is 26.5 Å². The Kier molecular flexibility index (Phi) is 5.20. The van der Waals surface area contributed by atoms with Crippen LogP contribution in [0, 0.1) is 5.92 Å². The molecule has 27 heavy (non-hydrogen) atoms. The predicted octanol–water partition coefficient (Wildman–Crippen LogP) is 1.53. The van der Waals surface area contributed by atoms with Crippen molar-refractivity contribution in [1.82, 2.24) is 9.80 Å². The average molecular weight is 374 g/mol. The number of rotatable bonds is 5. The van der Waals surface area contributed by atoms with Gasteiger partial charge in [0, 0.05) is 38.7 Å². The summed E-state index contributed by atoms with van der Waals surface area (Å²) in [5, 5.41) is 9.28. The molecule has 2 fully saturated rings. The molecule has 1 aromatic carbocycles. The van der Waals surface area contributed by atoms with Crippen LogP contribution >= 0.6 is 0 Å². The molecule has 4 rings (SSSR count). The quantitative estimate of drug-likeness (QED) is 0.846. The van der Waals surface area contributed by atoms with Crippen molar-refractivity contribution >= 4 is 11.8 Å². The summed E-state index contributed by atoms with van der Waals surface area (Å²) in [5.41, 5.74) is 0.969. The molecule has 1 N–H and O–H groups in total. The molecule has 3 aliphatic heterocycles. The lowest BCUT2D eigenvalue weighted by Gasteiger charge is -2.37. The maximum Gasteiger partial charge on any atom is 0.231 e. The number of carbonyl (C=O) groups is 2. The van der Waals surface area contributed by atoms with Gasteiger partial charge in [0.05, 0.1) is 5.92 Å². The topological polar surface area (TPSA) is 79.3 Å². The molecule has 0 aromatic heterocycles. The molecule has 0 aliphatic carbocycles. The minimum Gasteiger partial charge on any atom is -0.454 e. The van der Waals surface area contributed by atoms with Gasteiger partial charge in [-0.15, -0.1) is 0 Å². The highest BCUT2D eigenvalue weighted by molar-refractivity contribution is 5.89. The summed E-state index contributed by atoms with van der Waals surface area (Å²) in [6, 6.07) is 5.78. The number of nitrogens with zero attached hydrogens (tertiary/aromatic N) is 2. The van der Waals surface area contributed by atoms with Gasteiger partial charge in [0.2, 0.25) is 18.6 Å². The number of aliphatic hydroxyl groups is 1. The Morgan fingerprint density at radius 2 is 2.07 bits per heavy atom. The normalized spacial score (nSPS) is 24.6. The Morgan fingerprint density at radius 1 is 1.22 bits per heavy atom. The number of fused-ring (bicyclic) bond motifs is 1. The number of piperidine rings is 1. The van der Waals surface area contributed by atoms with E-state index in [1.165, 1.54) is 0 Å². The van der Waals surface area contributed by atoms with E-state index in [2.05, 4.69) is 0 Å². The van der Waals surface area contributed by atoms with Gasteiger partial charge >= 0.3 is 0 Å². The number of carbonyl (C=O) groups excluding carboxylic acids is 2. The summed E-state index contributed by atoms with van der Waals surface area (Å²) in [4.78, 5) is 29.1. The second-order valence-corrected chi connectivity index (χ2v) is 7.56. The molecule has 7 heteroatoms. The van der Waals surface area contributed by atoms with Crippen LogP contribution in [-0.2, 0) is 16.1 Å². The molecule has 2 atom stereocenters. The molecule has 0 spiro atoms. The first-order valence-electron chi connectivity index (χ1n) is 9.73. The first-order chi connectivity index (χ1) is 13.2. The van der Waals surface area contributed by atoms with Crippen LogP contribution in [0.1, 0.15) is 37.7 Å². The molecule has 0 bridgehead atoms. The molecule has 2 saturated heterocycles. The number of amides is 2. The monoisotopic (exact) mass is 374 g/mol. The molecule has 2 unspecified atom stereocenters.